The van der Waals surface area contributed by atoms with Crippen LogP contribution in [0.4, 0.5) is 0 Å². The Bertz CT molecular complexity index is 608. The number of hydrogen-bond acceptors (Lipinski definition) is 4. The van der Waals surface area contributed by atoms with Crippen molar-refractivity contribution in [3.05, 3.63) is 22.9 Å². The highest BCUT2D eigenvalue weighted by molar-refractivity contribution is 5.71. The van der Waals surface area contributed by atoms with Crippen molar-refractivity contribution in [3.8, 4) is 0 Å². The van der Waals surface area contributed by atoms with Crippen molar-refractivity contribution < 1.29 is 0 Å². The van der Waals surface area contributed by atoms with E-state index in [-0.39, 0.29) is 5.56 Å². The summed E-state index contributed by atoms with van der Waals surface area (Å²) in [4.78, 5) is 18.8. The van der Waals surface area contributed by atoms with Crippen molar-refractivity contribution in [1.29, 1.82) is 0 Å². The van der Waals surface area contributed by atoms with Crippen LogP contribution in [0.1, 0.15) is 12.8 Å². The van der Waals surface area contributed by atoms with E-state index < -0.39 is 0 Å². The van der Waals surface area contributed by atoms with E-state index in [0.717, 1.165) is 19.6 Å². The lowest BCUT2D eigenvalue weighted by Gasteiger charge is -2.14. The summed E-state index contributed by atoms with van der Waals surface area (Å²) in [6.07, 6.45) is 5.93. The highest BCUT2D eigenvalue weighted by Gasteiger charge is 2.12. The Kier molecular flexibility index (Phi) is 2.87. The molecule has 0 atom stereocenters. The zero-order valence-corrected chi connectivity index (χ0v) is 10.5. The van der Waals surface area contributed by atoms with Gasteiger partial charge in [-0.1, -0.05) is 0 Å². The van der Waals surface area contributed by atoms with E-state index in [2.05, 4.69) is 15.0 Å². The second-order valence-electron chi connectivity index (χ2n) is 4.83. The molecule has 1 aliphatic heterocycles. The van der Waals surface area contributed by atoms with Gasteiger partial charge in [0.2, 0.25) is 0 Å². The molecule has 3 rings (SSSR count). The third-order valence-electron chi connectivity index (χ3n) is 3.46. The molecule has 0 bridgehead atoms. The molecule has 1 saturated heterocycles. The third kappa shape index (κ3) is 2.03. The molecule has 0 aromatic carbocycles. The molecule has 0 radical (unpaired) electrons. The van der Waals surface area contributed by atoms with Gasteiger partial charge in [-0.2, -0.15) is 5.10 Å². The molecular weight excluding hydrogens is 230 g/mol. The molecule has 6 heteroatoms. The predicted octanol–water partition coefficient (Wildman–Crippen LogP) is 0.226. The van der Waals surface area contributed by atoms with Crippen LogP contribution < -0.4 is 5.56 Å². The normalized spacial score (nSPS) is 16.7. The first-order chi connectivity index (χ1) is 8.74. The molecule has 0 unspecified atom stereocenters. The van der Waals surface area contributed by atoms with Crippen LogP contribution in [0, 0.1) is 0 Å². The van der Waals surface area contributed by atoms with Gasteiger partial charge in [0.05, 0.1) is 12.5 Å². The van der Waals surface area contributed by atoms with Gasteiger partial charge in [-0.05, 0) is 25.9 Å². The van der Waals surface area contributed by atoms with E-state index in [1.807, 2.05) is 0 Å². The minimum Gasteiger partial charge on any atom is -0.302 e. The standard InChI is InChI=1S/C12H17N5O/c1-15-8-10-11(14-15)12(18)17(9-13-10)7-6-16-4-2-3-5-16/h8-9H,2-7H2,1H3. The summed E-state index contributed by atoms with van der Waals surface area (Å²) in [6.45, 7) is 3.90. The summed E-state index contributed by atoms with van der Waals surface area (Å²) in [5.74, 6) is 0. The molecule has 18 heavy (non-hydrogen) atoms. The Morgan fingerprint density at radius 2 is 2.06 bits per heavy atom. The minimum absolute atomic E-state index is 0.0419. The van der Waals surface area contributed by atoms with Crippen molar-refractivity contribution in [1.82, 2.24) is 24.2 Å². The molecular formula is C12H17N5O. The number of nitrogens with zero attached hydrogens (tertiary/aromatic N) is 5. The zero-order valence-electron chi connectivity index (χ0n) is 10.5. The van der Waals surface area contributed by atoms with Gasteiger partial charge in [-0.15, -0.1) is 0 Å². The molecule has 2 aromatic heterocycles. The second-order valence-corrected chi connectivity index (χ2v) is 4.83. The van der Waals surface area contributed by atoms with Crippen molar-refractivity contribution in [2.45, 2.75) is 19.4 Å². The summed E-state index contributed by atoms with van der Waals surface area (Å²) in [5.41, 5.74) is 1.08. The van der Waals surface area contributed by atoms with E-state index in [9.17, 15) is 4.79 Å². The number of rotatable bonds is 3. The molecule has 96 valence electrons. The molecule has 0 spiro atoms. The number of likely N-dealkylation sites (tertiary alicyclic amines) is 1. The average molecular weight is 247 g/mol. The monoisotopic (exact) mass is 247 g/mol. The van der Waals surface area contributed by atoms with E-state index in [4.69, 9.17) is 0 Å². The van der Waals surface area contributed by atoms with Crippen LogP contribution >= 0.6 is 0 Å². The van der Waals surface area contributed by atoms with Crippen LogP contribution in [0.25, 0.3) is 11.0 Å². The quantitative estimate of drug-likeness (QED) is 0.779. The highest BCUT2D eigenvalue weighted by atomic mass is 16.1. The lowest BCUT2D eigenvalue weighted by Crippen LogP contribution is -2.29. The van der Waals surface area contributed by atoms with E-state index in [1.54, 1.807) is 28.8 Å². The Morgan fingerprint density at radius 3 is 2.83 bits per heavy atom. The van der Waals surface area contributed by atoms with Crippen LogP contribution in [-0.4, -0.2) is 43.9 Å². The van der Waals surface area contributed by atoms with Crippen LogP contribution in [0.2, 0.25) is 0 Å². The van der Waals surface area contributed by atoms with Gasteiger partial charge in [0, 0.05) is 20.1 Å². The maximum absolute atomic E-state index is 12.2. The second kappa shape index (κ2) is 4.53. The molecule has 3 heterocycles. The van der Waals surface area contributed by atoms with Gasteiger partial charge in [-0.3, -0.25) is 14.0 Å². The first kappa shape index (κ1) is 11.4. The van der Waals surface area contributed by atoms with Gasteiger partial charge < -0.3 is 4.90 Å². The first-order valence-electron chi connectivity index (χ1n) is 6.35. The number of hydrogen-bond donors (Lipinski definition) is 0. The molecule has 6 nitrogen and oxygen atoms in total. The van der Waals surface area contributed by atoms with Gasteiger partial charge >= 0.3 is 0 Å². The van der Waals surface area contributed by atoms with Crippen molar-refractivity contribution >= 4 is 11.0 Å². The summed E-state index contributed by atoms with van der Waals surface area (Å²) in [6, 6.07) is 0. The Labute approximate surface area is 105 Å². The largest absolute Gasteiger partial charge is 0.302 e. The molecule has 0 aliphatic carbocycles. The fourth-order valence-corrected chi connectivity index (χ4v) is 2.46. The highest BCUT2D eigenvalue weighted by Crippen LogP contribution is 2.07. The van der Waals surface area contributed by atoms with Crippen LogP contribution in [-0.2, 0) is 13.6 Å². The fourth-order valence-electron chi connectivity index (χ4n) is 2.46. The third-order valence-corrected chi connectivity index (χ3v) is 3.46. The molecule has 0 amide bonds. The number of fused-ring (bicyclic) bond motifs is 1. The summed E-state index contributed by atoms with van der Waals surface area (Å²) in [5, 5.41) is 4.16. The van der Waals surface area contributed by atoms with E-state index >= 15 is 0 Å². The fraction of sp³-hybridized carbons (Fsp3) is 0.583. The summed E-state index contributed by atoms with van der Waals surface area (Å²) in [7, 11) is 1.80. The number of aryl methyl sites for hydroxylation is 1. The maximum atomic E-state index is 12.2. The summed E-state index contributed by atoms with van der Waals surface area (Å²) >= 11 is 0. The lowest BCUT2D eigenvalue weighted by molar-refractivity contribution is 0.320. The molecule has 0 saturated carbocycles. The molecule has 0 N–H and O–H groups in total. The van der Waals surface area contributed by atoms with Gasteiger partial charge in [0.1, 0.15) is 5.52 Å². The van der Waals surface area contributed by atoms with Gasteiger partial charge in [0.25, 0.3) is 5.56 Å². The predicted molar refractivity (Wildman–Crippen MR) is 68.4 cm³/mol. The first-order valence-corrected chi connectivity index (χ1v) is 6.35. The number of aromatic nitrogens is 4. The van der Waals surface area contributed by atoms with Crippen LogP contribution in [0.3, 0.4) is 0 Å². The van der Waals surface area contributed by atoms with Crippen molar-refractivity contribution in [2.75, 3.05) is 19.6 Å². The van der Waals surface area contributed by atoms with Crippen LogP contribution in [0.15, 0.2) is 17.3 Å². The maximum Gasteiger partial charge on any atom is 0.281 e. The zero-order chi connectivity index (χ0) is 12.5. The van der Waals surface area contributed by atoms with Crippen LogP contribution in [0.5, 0.6) is 0 Å². The van der Waals surface area contributed by atoms with Gasteiger partial charge in [-0.25, -0.2) is 4.98 Å². The van der Waals surface area contributed by atoms with Crippen molar-refractivity contribution in [2.24, 2.45) is 7.05 Å². The average Bonchev–Trinajstić information content (AvgIpc) is 2.97. The minimum atomic E-state index is -0.0419. The lowest BCUT2D eigenvalue weighted by atomic mass is 10.4. The Morgan fingerprint density at radius 1 is 1.28 bits per heavy atom. The van der Waals surface area contributed by atoms with E-state index in [0.29, 0.717) is 17.6 Å². The molecule has 2 aromatic rings. The van der Waals surface area contributed by atoms with Gasteiger partial charge in [0.15, 0.2) is 5.52 Å². The topological polar surface area (TPSA) is 56.0 Å². The Balaban J connectivity index is 1.83. The Hall–Kier alpha value is -1.69. The smallest absolute Gasteiger partial charge is 0.281 e. The van der Waals surface area contributed by atoms with E-state index in [1.165, 1.54) is 12.8 Å². The summed E-state index contributed by atoms with van der Waals surface area (Å²) < 4.78 is 3.29. The SMILES string of the molecule is Cn1cc2ncn(CCN3CCCC3)c(=O)c2n1. The van der Waals surface area contributed by atoms with Crippen molar-refractivity contribution in [3.63, 3.8) is 0 Å². The molecule has 1 fully saturated rings. The molecule has 1 aliphatic rings.